The van der Waals surface area contributed by atoms with Gasteiger partial charge in [0.2, 0.25) is 5.88 Å². The van der Waals surface area contributed by atoms with E-state index in [2.05, 4.69) is 20.3 Å². The first kappa shape index (κ1) is 21.5. The van der Waals surface area contributed by atoms with Crippen LogP contribution in [0.15, 0.2) is 35.6 Å². The first-order valence-electron chi connectivity index (χ1n) is 10.5. The lowest BCUT2D eigenvalue weighted by Gasteiger charge is -2.42. The maximum Gasteiger partial charge on any atom is 0.282 e. The summed E-state index contributed by atoms with van der Waals surface area (Å²) in [6, 6.07) is 4.18. The topological polar surface area (TPSA) is 121 Å². The van der Waals surface area contributed by atoms with Crippen LogP contribution in [-0.4, -0.2) is 54.0 Å². The molecular formula is C22H23F2N5O4. The summed E-state index contributed by atoms with van der Waals surface area (Å²) < 4.78 is 44.9. The molecule has 0 radical (unpaired) electrons. The minimum Gasteiger partial charge on any atom is -0.473 e. The third-order valence-corrected chi connectivity index (χ3v) is 6.37. The van der Waals surface area contributed by atoms with Gasteiger partial charge in [-0.15, -0.1) is 0 Å². The molecule has 1 saturated heterocycles. The molecule has 2 aliphatic heterocycles. The van der Waals surface area contributed by atoms with Gasteiger partial charge in [0.05, 0.1) is 31.0 Å². The van der Waals surface area contributed by atoms with Crippen molar-refractivity contribution in [2.45, 2.75) is 31.0 Å². The van der Waals surface area contributed by atoms with E-state index in [1.165, 1.54) is 30.6 Å². The summed E-state index contributed by atoms with van der Waals surface area (Å²) >= 11 is 0. The van der Waals surface area contributed by atoms with Crippen LogP contribution in [0.3, 0.4) is 0 Å². The summed E-state index contributed by atoms with van der Waals surface area (Å²) in [4.78, 5) is 25.1. The third-order valence-electron chi connectivity index (χ3n) is 6.37. The lowest BCUT2D eigenvalue weighted by Crippen LogP contribution is -2.50. The predicted octanol–water partition coefficient (Wildman–Crippen LogP) is 2.33. The van der Waals surface area contributed by atoms with Crippen molar-refractivity contribution in [3.63, 3.8) is 0 Å². The van der Waals surface area contributed by atoms with Crippen molar-refractivity contribution in [1.29, 1.82) is 0 Å². The quantitative estimate of drug-likeness (QED) is 0.680. The van der Waals surface area contributed by atoms with E-state index in [0.29, 0.717) is 25.1 Å². The minimum absolute atomic E-state index is 0.0233. The standard InChI is InChI=1S/C22H23F2N5O4/c1-20-9-31-12-22(20,29-19(25)33-10-20)14-6-13(2-3-15(14)23)28-18(30)16-7-27-17(8-26-16)32-11-21(24)4-5-21/h2-3,6-8H,4-5,9-12H2,1H3,(H2,25,29)(H,28,30). The highest BCUT2D eigenvalue weighted by atomic mass is 19.1. The van der Waals surface area contributed by atoms with Crippen LogP contribution >= 0.6 is 0 Å². The number of alkyl halides is 1. The highest BCUT2D eigenvalue weighted by Gasteiger charge is 2.58. The molecular weight excluding hydrogens is 436 g/mol. The Labute approximate surface area is 188 Å². The number of nitrogens with zero attached hydrogens (tertiary/aromatic N) is 3. The van der Waals surface area contributed by atoms with Crippen molar-refractivity contribution in [2.75, 3.05) is 31.7 Å². The molecule has 1 saturated carbocycles. The number of nitrogens with two attached hydrogens (primary N) is 1. The number of aromatic nitrogens is 2. The van der Waals surface area contributed by atoms with E-state index < -0.39 is 28.3 Å². The molecule has 174 valence electrons. The van der Waals surface area contributed by atoms with Crippen molar-refractivity contribution in [1.82, 2.24) is 9.97 Å². The number of fused-ring (bicyclic) bond motifs is 1. The average molecular weight is 459 g/mol. The van der Waals surface area contributed by atoms with Crippen LogP contribution < -0.4 is 15.8 Å². The fourth-order valence-corrected chi connectivity index (χ4v) is 4.07. The molecule has 9 nitrogen and oxygen atoms in total. The van der Waals surface area contributed by atoms with Crippen molar-refractivity contribution in [2.24, 2.45) is 16.1 Å². The van der Waals surface area contributed by atoms with E-state index in [-0.39, 0.29) is 43.0 Å². The van der Waals surface area contributed by atoms with Crippen LogP contribution in [0.1, 0.15) is 35.8 Å². The summed E-state index contributed by atoms with van der Waals surface area (Å²) in [5.74, 6) is -0.909. The number of benzene rings is 1. The fraction of sp³-hybridized carbons (Fsp3) is 0.455. The normalized spacial score (nSPS) is 27.2. The maximum atomic E-state index is 15.0. The zero-order valence-corrected chi connectivity index (χ0v) is 17.9. The number of amides is 1. The monoisotopic (exact) mass is 459 g/mol. The Morgan fingerprint density at radius 2 is 2.06 bits per heavy atom. The van der Waals surface area contributed by atoms with Crippen LogP contribution in [0.5, 0.6) is 5.88 Å². The van der Waals surface area contributed by atoms with Crippen LogP contribution in [0.25, 0.3) is 0 Å². The van der Waals surface area contributed by atoms with E-state index in [4.69, 9.17) is 19.9 Å². The molecule has 3 N–H and O–H groups in total. The Balaban J connectivity index is 1.35. The number of carbonyl (C=O) groups is 1. The summed E-state index contributed by atoms with van der Waals surface area (Å²) in [5.41, 5.74) is 3.45. The zero-order valence-electron chi connectivity index (χ0n) is 17.9. The number of halogens is 2. The Kier molecular flexibility index (Phi) is 4.96. The zero-order chi connectivity index (χ0) is 23.3. The van der Waals surface area contributed by atoms with E-state index in [1.807, 2.05) is 6.92 Å². The lowest BCUT2D eigenvalue weighted by atomic mass is 9.69. The van der Waals surface area contributed by atoms with Crippen molar-refractivity contribution < 1.29 is 27.8 Å². The number of carbonyl (C=O) groups excluding carboxylic acids is 1. The number of anilines is 1. The molecule has 1 aliphatic carbocycles. The molecule has 0 spiro atoms. The van der Waals surface area contributed by atoms with Gasteiger partial charge in [-0.2, -0.15) is 0 Å². The van der Waals surface area contributed by atoms with Gasteiger partial charge in [-0.1, -0.05) is 6.92 Å². The van der Waals surface area contributed by atoms with E-state index >= 15 is 0 Å². The van der Waals surface area contributed by atoms with Crippen LogP contribution in [-0.2, 0) is 15.0 Å². The first-order valence-corrected chi connectivity index (χ1v) is 10.5. The Morgan fingerprint density at radius 3 is 2.79 bits per heavy atom. The van der Waals surface area contributed by atoms with E-state index in [1.54, 1.807) is 0 Å². The molecule has 2 aromatic rings. The van der Waals surface area contributed by atoms with Gasteiger partial charge in [-0.05, 0) is 31.0 Å². The predicted molar refractivity (Wildman–Crippen MR) is 113 cm³/mol. The number of rotatable bonds is 6. The first-order chi connectivity index (χ1) is 15.7. The van der Waals surface area contributed by atoms with Crippen molar-refractivity contribution >= 4 is 17.6 Å². The van der Waals surface area contributed by atoms with Gasteiger partial charge < -0.3 is 25.3 Å². The lowest BCUT2D eigenvalue weighted by molar-refractivity contribution is 0.0665. The van der Waals surface area contributed by atoms with Gasteiger partial charge >= 0.3 is 0 Å². The smallest absolute Gasteiger partial charge is 0.282 e. The van der Waals surface area contributed by atoms with Gasteiger partial charge in [-0.25, -0.2) is 23.7 Å². The van der Waals surface area contributed by atoms with Crippen LogP contribution in [0.2, 0.25) is 0 Å². The number of ether oxygens (including phenoxy) is 3. The summed E-state index contributed by atoms with van der Waals surface area (Å²) in [6.07, 6.45) is 3.43. The Hall–Kier alpha value is -3.34. The second-order valence-corrected chi connectivity index (χ2v) is 8.98. The minimum atomic E-state index is -1.28. The number of hydrogen-bond donors (Lipinski definition) is 2. The molecule has 1 aromatic heterocycles. The van der Waals surface area contributed by atoms with Gasteiger partial charge in [0, 0.05) is 11.3 Å². The highest BCUT2D eigenvalue weighted by Crippen LogP contribution is 2.51. The molecule has 33 heavy (non-hydrogen) atoms. The molecule has 2 atom stereocenters. The maximum absolute atomic E-state index is 15.0. The molecule has 1 aromatic carbocycles. The van der Waals surface area contributed by atoms with E-state index in [9.17, 15) is 13.6 Å². The Bertz CT molecular complexity index is 1120. The molecule has 5 rings (SSSR count). The van der Waals surface area contributed by atoms with Gasteiger partial charge in [-0.3, -0.25) is 4.79 Å². The Morgan fingerprint density at radius 1 is 1.24 bits per heavy atom. The number of aliphatic imine (C=N–C) groups is 1. The highest BCUT2D eigenvalue weighted by molar-refractivity contribution is 6.02. The molecule has 2 fully saturated rings. The van der Waals surface area contributed by atoms with Crippen LogP contribution in [0.4, 0.5) is 14.5 Å². The molecule has 3 heterocycles. The van der Waals surface area contributed by atoms with Crippen molar-refractivity contribution in [3.8, 4) is 5.88 Å². The third kappa shape index (κ3) is 3.86. The number of nitrogens with one attached hydrogen (secondary N) is 1. The number of amidine groups is 1. The van der Waals surface area contributed by atoms with Crippen LogP contribution in [0, 0.1) is 11.2 Å². The van der Waals surface area contributed by atoms with E-state index in [0.717, 1.165) is 0 Å². The van der Waals surface area contributed by atoms with Gasteiger partial charge in [0.25, 0.3) is 11.9 Å². The SMILES string of the molecule is CC12COCC1(c1cc(NC(=O)c3cnc(OCC4(F)CC4)cn3)ccc1F)N=C(N)OC2. The molecule has 0 bridgehead atoms. The summed E-state index contributed by atoms with van der Waals surface area (Å²) in [5, 5.41) is 2.69. The second kappa shape index (κ2) is 7.62. The summed E-state index contributed by atoms with van der Waals surface area (Å²) in [7, 11) is 0. The van der Waals surface area contributed by atoms with Gasteiger partial charge in [0.15, 0.2) is 0 Å². The molecule has 2 unspecified atom stereocenters. The fourth-order valence-electron chi connectivity index (χ4n) is 4.07. The number of hydrogen-bond acceptors (Lipinski definition) is 8. The van der Waals surface area contributed by atoms with Crippen molar-refractivity contribution in [3.05, 3.63) is 47.7 Å². The summed E-state index contributed by atoms with van der Waals surface area (Å²) in [6.45, 7) is 2.50. The second-order valence-electron chi connectivity index (χ2n) is 8.98. The van der Waals surface area contributed by atoms with Gasteiger partial charge in [0.1, 0.15) is 35.9 Å². The molecule has 1 amide bonds. The molecule has 11 heteroatoms. The largest absolute Gasteiger partial charge is 0.473 e. The average Bonchev–Trinajstić information content (AvgIpc) is 3.44. The molecule has 3 aliphatic rings.